The van der Waals surface area contributed by atoms with Crippen LogP contribution < -0.4 is 5.32 Å². The molecule has 1 aromatic heterocycles. The molecule has 146 valence electrons. The molecule has 0 aliphatic heterocycles. The molecule has 27 heavy (non-hydrogen) atoms. The molecule has 0 saturated carbocycles. The van der Waals surface area contributed by atoms with Crippen molar-refractivity contribution in [3.63, 3.8) is 0 Å². The second-order valence-corrected chi connectivity index (χ2v) is 6.14. The van der Waals surface area contributed by atoms with Gasteiger partial charge in [0.15, 0.2) is 5.82 Å². The van der Waals surface area contributed by atoms with Crippen LogP contribution in [0.1, 0.15) is 41.9 Å². The van der Waals surface area contributed by atoms with E-state index in [9.17, 15) is 22.8 Å². The second-order valence-electron chi connectivity index (χ2n) is 6.14. The number of halogens is 3. The molecule has 0 aliphatic carbocycles. The predicted octanol–water partition coefficient (Wildman–Crippen LogP) is 3.88. The number of carbonyl (C=O) groups excluding carboxylic acids is 2. The summed E-state index contributed by atoms with van der Waals surface area (Å²) in [5.41, 5.74) is -0.762. The van der Waals surface area contributed by atoms with E-state index in [-0.39, 0.29) is 24.0 Å². The quantitative estimate of drug-likeness (QED) is 0.821. The Balaban J connectivity index is 2.14. The van der Waals surface area contributed by atoms with Crippen molar-refractivity contribution in [3.8, 4) is 0 Å². The number of rotatable bonds is 6. The summed E-state index contributed by atoms with van der Waals surface area (Å²) >= 11 is 0. The first-order valence-electron chi connectivity index (χ1n) is 8.33. The highest BCUT2D eigenvalue weighted by Gasteiger charge is 2.31. The number of anilines is 1. The minimum Gasteiger partial charge on any atom is -0.360 e. The van der Waals surface area contributed by atoms with Crippen molar-refractivity contribution in [1.29, 1.82) is 0 Å². The van der Waals surface area contributed by atoms with Crippen LogP contribution in [0.15, 0.2) is 34.9 Å². The van der Waals surface area contributed by atoms with Crippen LogP contribution in [0, 0.1) is 6.92 Å². The Labute approximate surface area is 154 Å². The van der Waals surface area contributed by atoms with Crippen molar-refractivity contribution >= 4 is 17.6 Å². The minimum absolute atomic E-state index is 0.0772. The number of nitrogens with one attached hydrogen (secondary N) is 1. The zero-order valence-corrected chi connectivity index (χ0v) is 15.1. The summed E-state index contributed by atoms with van der Waals surface area (Å²) in [5.74, 6) is -0.262. The highest BCUT2D eigenvalue weighted by atomic mass is 19.4. The lowest BCUT2D eigenvalue weighted by atomic mass is 10.1. The van der Waals surface area contributed by atoms with Crippen LogP contribution in [-0.2, 0) is 11.0 Å². The molecule has 1 N–H and O–H groups in total. The van der Waals surface area contributed by atoms with Gasteiger partial charge >= 0.3 is 6.18 Å². The third-order valence-electron chi connectivity index (χ3n) is 4.05. The highest BCUT2D eigenvalue weighted by Crippen LogP contribution is 2.29. The number of nitrogens with zero attached hydrogens (tertiary/aromatic N) is 2. The number of aromatic nitrogens is 1. The van der Waals surface area contributed by atoms with Crippen molar-refractivity contribution in [2.24, 2.45) is 0 Å². The van der Waals surface area contributed by atoms with Crippen molar-refractivity contribution in [3.05, 3.63) is 47.2 Å². The fourth-order valence-corrected chi connectivity index (χ4v) is 2.38. The summed E-state index contributed by atoms with van der Waals surface area (Å²) < 4.78 is 42.9. The van der Waals surface area contributed by atoms with E-state index >= 15 is 0 Å². The summed E-state index contributed by atoms with van der Waals surface area (Å²) in [7, 11) is 0. The summed E-state index contributed by atoms with van der Waals surface area (Å²) in [6, 6.07) is 5.16. The Morgan fingerprint density at radius 3 is 2.37 bits per heavy atom. The van der Waals surface area contributed by atoms with Crippen LogP contribution in [0.5, 0.6) is 0 Å². The molecule has 0 saturated heterocycles. The Bertz CT molecular complexity index is 800. The predicted molar refractivity (Wildman–Crippen MR) is 92.1 cm³/mol. The van der Waals surface area contributed by atoms with Crippen LogP contribution in [0.3, 0.4) is 0 Å². The van der Waals surface area contributed by atoms with E-state index in [0.29, 0.717) is 12.2 Å². The van der Waals surface area contributed by atoms with Gasteiger partial charge in [-0.1, -0.05) is 12.1 Å². The second kappa shape index (κ2) is 8.24. The molecule has 0 unspecified atom stereocenters. The monoisotopic (exact) mass is 383 g/mol. The first-order chi connectivity index (χ1) is 12.6. The van der Waals surface area contributed by atoms with Crippen LogP contribution in [-0.4, -0.2) is 34.5 Å². The highest BCUT2D eigenvalue weighted by molar-refractivity contribution is 5.99. The van der Waals surface area contributed by atoms with Crippen LogP contribution in [0.2, 0.25) is 0 Å². The standard InChI is InChI=1S/C18H20F3N3O3/c1-4-11(2)24(10-16(25)22-15-9-12(3)27-23-15)17(26)13-5-7-14(8-6-13)18(19,20)21/h5-9,11H,4,10H2,1-3H3,(H,22,23,25)/t11-/m0/s1. The molecule has 9 heteroatoms. The van der Waals surface area contributed by atoms with Crippen LogP contribution in [0.4, 0.5) is 19.0 Å². The first kappa shape index (κ1) is 20.5. The summed E-state index contributed by atoms with van der Waals surface area (Å²) in [5, 5.41) is 6.17. The van der Waals surface area contributed by atoms with E-state index in [0.717, 1.165) is 24.3 Å². The van der Waals surface area contributed by atoms with Gasteiger partial charge in [0, 0.05) is 17.7 Å². The number of aryl methyl sites for hydroxylation is 1. The van der Waals surface area contributed by atoms with E-state index in [4.69, 9.17) is 4.52 Å². The van der Waals surface area contributed by atoms with Crippen molar-refractivity contribution in [2.75, 3.05) is 11.9 Å². The maximum absolute atomic E-state index is 12.7. The average Bonchev–Trinajstić information content (AvgIpc) is 3.02. The largest absolute Gasteiger partial charge is 0.416 e. The number of hydrogen-bond donors (Lipinski definition) is 1. The summed E-state index contributed by atoms with van der Waals surface area (Å²) in [4.78, 5) is 26.3. The summed E-state index contributed by atoms with van der Waals surface area (Å²) in [6.07, 6.45) is -3.91. The molecule has 0 aliphatic rings. The average molecular weight is 383 g/mol. The lowest BCUT2D eigenvalue weighted by Gasteiger charge is -2.28. The molecule has 2 amide bonds. The zero-order chi connectivity index (χ0) is 20.2. The van der Waals surface area contributed by atoms with Gasteiger partial charge in [-0.05, 0) is 44.5 Å². The molecule has 1 aromatic carbocycles. The first-order valence-corrected chi connectivity index (χ1v) is 8.33. The molecule has 0 bridgehead atoms. The SMILES string of the molecule is CC[C@H](C)N(CC(=O)Nc1cc(C)on1)C(=O)c1ccc(C(F)(F)F)cc1. The molecule has 0 radical (unpaired) electrons. The normalized spacial score (nSPS) is 12.5. The fourth-order valence-electron chi connectivity index (χ4n) is 2.38. The van der Waals surface area contributed by atoms with Crippen LogP contribution >= 0.6 is 0 Å². The maximum Gasteiger partial charge on any atom is 0.416 e. The molecular weight excluding hydrogens is 363 g/mol. The van der Waals surface area contributed by atoms with Gasteiger partial charge in [-0.3, -0.25) is 9.59 Å². The minimum atomic E-state index is -4.48. The Morgan fingerprint density at radius 1 is 1.26 bits per heavy atom. The Hall–Kier alpha value is -2.84. The van der Waals surface area contributed by atoms with Gasteiger partial charge in [0.25, 0.3) is 5.91 Å². The van der Waals surface area contributed by atoms with Gasteiger partial charge in [0.05, 0.1) is 5.56 Å². The smallest absolute Gasteiger partial charge is 0.360 e. The molecular formula is C18H20F3N3O3. The van der Waals surface area contributed by atoms with Gasteiger partial charge in [-0.15, -0.1) is 0 Å². The van der Waals surface area contributed by atoms with Gasteiger partial charge < -0.3 is 14.7 Å². The third kappa shape index (κ3) is 5.32. The maximum atomic E-state index is 12.7. The third-order valence-corrected chi connectivity index (χ3v) is 4.05. The molecule has 0 fully saturated rings. The van der Waals surface area contributed by atoms with Crippen molar-refractivity contribution in [2.45, 2.75) is 39.4 Å². The number of hydrogen-bond acceptors (Lipinski definition) is 4. The van der Waals surface area contributed by atoms with Gasteiger partial charge in [-0.2, -0.15) is 13.2 Å². The van der Waals surface area contributed by atoms with Gasteiger partial charge in [0.2, 0.25) is 5.91 Å². The topological polar surface area (TPSA) is 75.4 Å². The van der Waals surface area contributed by atoms with E-state index in [1.807, 2.05) is 6.92 Å². The number of benzene rings is 1. The van der Waals surface area contributed by atoms with Gasteiger partial charge in [-0.25, -0.2) is 0 Å². The number of carbonyl (C=O) groups is 2. The number of amides is 2. The van der Waals surface area contributed by atoms with Crippen molar-refractivity contribution < 1.29 is 27.3 Å². The molecule has 2 aromatic rings. The fraction of sp³-hybridized carbons (Fsp3) is 0.389. The lowest BCUT2D eigenvalue weighted by molar-refractivity contribution is -0.137. The molecule has 2 rings (SSSR count). The Morgan fingerprint density at radius 2 is 1.89 bits per heavy atom. The summed E-state index contributed by atoms with van der Waals surface area (Å²) in [6.45, 7) is 5.01. The van der Waals surface area contributed by atoms with Crippen molar-refractivity contribution in [1.82, 2.24) is 10.1 Å². The molecule has 6 nitrogen and oxygen atoms in total. The van der Waals surface area contributed by atoms with E-state index in [1.165, 1.54) is 11.0 Å². The van der Waals surface area contributed by atoms with Crippen LogP contribution in [0.25, 0.3) is 0 Å². The molecule has 1 atom stereocenters. The lowest BCUT2D eigenvalue weighted by Crippen LogP contribution is -2.43. The Kier molecular flexibility index (Phi) is 6.24. The van der Waals surface area contributed by atoms with E-state index < -0.39 is 23.6 Å². The zero-order valence-electron chi connectivity index (χ0n) is 15.1. The molecule has 1 heterocycles. The van der Waals surface area contributed by atoms with E-state index in [1.54, 1.807) is 13.8 Å². The van der Waals surface area contributed by atoms with Gasteiger partial charge in [0.1, 0.15) is 12.3 Å². The molecule has 0 spiro atoms. The number of alkyl halides is 3. The van der Waals surface area contributed by atoms with E-state index in [2.05, 4.69) is 10.5 Å².